The first-order chi connectivity index (χ1) is 11.5. The average molecular weight is 325 g/mol. The maximum atomic E-state index is 12.2. The number of nitro groups is 1. The van der Waals surface area contributed by atoms with Crippen LogP contribution >= 0.6 is 0 Å². The summed E-state index contributed by atoms with van der Waals surface area (Å²) in [5.41, 5.74) is 0.142. The second-order valence-electron chi connectivity index (χ2n) is 4.96. The third kappa shape index (κ3) is 2.84. The molecule has 2 aromatic carbocycles. The summed E-state index contributed by atoms with van der Waals surface area (Å²) in [6.45, 7) is 1.18. The van der Waals surface area contributed by atoms with Crippen LogP contribution in [0.1, 0.15) is 6.92 Å². The topological polar surface area (TPSA) is 115 Å². The van der Waals surface area contributed by atoms with Gasteiger partial charge in [-0.15, -0.1) is 0 Å². The van der Waals surface area contributed by atoms with Crippen LogP contribution in [0.25, 0.3) is 22.3 Å². The highest BCUT2D eigenvalue weighted by molar-refractivity contribution is 5.81. The fraction of sp³-hybridized carbons (Fsp3) is 0.0625. The average Bonchev–Trinajstić information content (AvgIpc) is 2.54. The number of esters is 1. The van der Waals surface area contributed by atoms with Crippen LogP contribution in [0.3, 0.4) is 0 Å². The molecule has 24 heavy (non-hydrogen) atoms. The number of rotatable bonds is 3. The molecule has 0 unspecified atom stereocenters. The molecule has 1 heterocycles. The predicted octanol–water partition coefficient (Wildman–Crippen LogP) is 2.42. The third-order valence-corrected chi connectivity index (χ3v) is 3.30. The molecule has 1 N–H and O–H groups in total. The number of hydrogen-bond acceptors (Lipinski definition) is 6. The Morgan fingerprint density at radius 2 is 2.00 bits per heavy atom. The van der Waals surface area contributed by atoms with Crippen LogP contribution < -0.4 is 10.3 Å². The molecule has 0 saturated heterocycles. The molecule has 0 aliphatic heterocycles. The highest BCUT2D eigenvalue weighted by Gasteiger charge is 2.17. The van der Waals surface area contributed by atoms with Crippen molar-refractivity contribution in [3.05, 3.63) is 62.9 Å². The number of carbonyl (C=O) groups is 1. The molecule has 0 fully saturated rings. The minimum absolute atomic E-state index is 0.0462. The number of hydrogen-bond donors (Lipinski definition) is 1. The number of non-ortho nitro benzene ring substituents is 1. The quantitative estimate of drug-likeness (QED) is 0.342. The number of fused-ring (bicyclic) bond motifs is 1. The normalized spacial score (nSPS) is 10.5. The Morgan fingerprint density at radius 1 is 1.25 bits per heavy atom. The summed E-state index contributed by atoms with van der Waals surface area (Å²) in [6, 6.07) is 10.5. The highest BCUT2D eigenvalue weighted by atomic mass is 16.6. The van der Waals surface area contributed by atoms with Crippen molar-refractivity contribution in [2.75, 3.05) is 0 Å². The van der Waals surface area contributed by atoms with E-state index in [1.807, 2.05) is 0 Å². The Kier molecular flexibility index (Phi) is 3.78. The first-order valence-electron chi connectivity index (χ1n) is 6.92. The lowest BCUT2D eigenvalue weighted by atomic mass is 10.1. The van der Waals surface area contributed by atoms with E-state index in [2.05, 4.69) is 9.97 Å². The van der Waals surface area contributed by atoms with Crippen molar-refractivity contribution in [1.29, 1.82) is 0 Å². The van der Waals surface area contributed by atoms with Crippen LogP contribution in [-0.4, -0.2) is 20.9 Å². The lowest BCUT2D eigenvalue weighted by Crippen LogP contribution is -2.10. The molecule has 0 amide bonds. The van der Waals surface area contributed by atoms with Crippen molar-refractivity contribution in [2.24, 2.45) is 0 Å². The molecule has 0 saturated carbocycles. The maximum Gasteiger partial charge on any atom is 0.308 e. The molecule has 0 aliphatic rings. The van der Waals surface area contributed by atoms with Crippen molar-refractivity contribution in [3.63, 3.8) is 0 Å². The Labute approximate surface area is 134 Å². The van der Waals surface area contributed by atoms with Gasteiger partial charge < -0.3 is 9.72 Å². The van der Waals surface area contributed by atoms with Gasteiger partial charge in [-0.2, -0.15) is 0 Å². The Morgan fingerprint density at radius 3 is 2.71 bits per heavy atom. The van der Waals surface area contributed by atoms with Crippen LogP contribution in [0.15, 0.2) is 47.3 Å². The van der Waals surface area contributed by atoms with E-state index in [9.17, 15) is 19.7 Å². The van der Waals surface area contributed by atoms with Crippen LogP contribution in [-0.2, 0) is 4.79 Å². The summed E-state index contributed by atoms with van der Waals surface area (Å²) in [6.07, 6.45) is 0. The monoisotopic (exact) mass is 325 g/mol. The zero-order valence-corrected chi connectivity index (χ0v) is 12.5. The molecule has 8 heteroatoms. The number of ether oxygens (including phenoxy) is 1. The first-order valence-corrected chi connectivity index (χ1v) is 6.92. The van der Waals surface area contributed by atoms with Gasteiger partial charge in [-0.1, -0.05) is 12.1 Å². The molecular weight excluding hydrogens is 314 g/mol. The summed E-state index contributed by atoms with van der Waals surface area (Å²) in [5, 5.41) is 11.3. The zero-order valence-electron chi connectivity index (χ0n) is 12.5. The van der Waals surface area contributed by atoms with Gasteiger partial charge in [0.2, 0.25) is 0 Å². The second-order valence-corrected chi connectivity index (χ2v) is 4.96. The maximum absolute atomic E-state index is 12.2. The van der Waals surface area contributed by atoms with Crippen LogP contribution in [0.4, 0.5) is 5.69 Å². The summed E-state index contributed by atoms with van der Waals surface area (Å²) >= 11 is 0. The number of nitrogens with one attached hydrogen (secondary N) is 1. The van der Waals surface area contributed by atoms with Crippen molar-refractivity contribution in [3.8, 4) is 17.1 Å². The summed E-state index contributed by atoms with van der Waals surface area (Å²) in [5.74, 6) is -0.528. The van der Waals surface area contributed by atoms with Gasteiger partial charge in [-0.05, 0) is 18.2 Å². The van der Waals surface area contributed by atoms with Crippen LogP contribution in [0.2, 0.25) is 0 Å². The molecule has 0 bridgehead atoms. The van der Waals surface area contributed by atoms with Gasteiger partial charge in [0.25, 0.3) is 11.2 Å². The highest BCUT2D eigenvalue weighted by Crippen LogP contribution is 2.31. The molecule has 0 spiro atoms. The number of aromatic amines is 1. The van der Waals surface area contributed by atoms with Crippen molar-refractivity contribution >= 4 is 22.6 Å². The van der Waals surface area contributed by atoms with E-state index in [0.29, 0.717) is 10.9 Å². The Balaban J connectivity index is 2.23. The van der Waals surface area contributed by atoms with E-state index < -0.39 is 10.9 Å². The molecule has 0 radical (unpaired) electrons. The van der Waals surface area contributed by atoms with Gasteiger partial charge in [-0.3, -0.25) is 19.7 Å². The largest absolute Gasteiger partial charge is 0.426 e. The summed E-state index contributed by atoms with van der Waals surface area (Å²) < 4.78 is 5.04. The van der Waals surface area contributed by atoms with Gasteiger partial charge in [0.15, 0.2) is 0 Å². The number of carbonyl (C=O) groups excluding carboxylic acids is 1. The smallest absolute Gasteiger partial charge is 0.308 e. The van der Waals surface area contributed by atoms with Crippen molar-refractivity contribution < 1.29 is 14.5 Å². The minimum Gasteiger partial charge on any atom is -0.426 e. The van der Waals surface area contributed by atoms with Crippen molar-refractivity contribution in [1.82, 2.24) is 9.97 Å². The molecular formula is C16H11N3O5. The Hall–Kier alpha value is -3.55. The van der Waals surface area contributed by atoms with Crippen LogP contribution in [0, 0.1) is 10.1 Å². The van der Waals surface area contributed by atoms with E-state index in [1.54, 1.807) is 24.3 Å². The molecule has 3 rings (SSSR count). The van der Waals surface area contributed by atoms with E-state index in [1.165, 1.54) is 19.1 Å². The fourth-order valence-electron chi connectivity index (χ4n) is 2.27. The SMILES string of the molecule is CC(=O)Oc1cc([N+](=O)[O-])ccc1-c1nc2ccccc2c(=O)[nH]1. The zero-order chi connectivity index (χ0) is 17.3. The van der Waals surface area contributed by atoms with Crippen LogP contribution in [0.5, 0.6) is 5.75 Å². The number of H-pyrrole nitrogens is 1. The molecule has 8 nitrogen and oxygen atoms in total. The van der Waals surface area contributed by atoms with Gasteiger partial charge in [-0.25, -0.2) is 4.98 Å². The summed E-state index contributed by atoms with van der Waals surface area (Å²) in [7, 11) is 0. The minimum atomic E-state index is -0.639. The molecule has 3 aromatic rings. The summed E-state index contributed by atoms with van der Waals surface area (Å²) in [4.78, 5) is 40.7. The Bertz CT molecular complexity index is 1030. The molecule has 0 aliphatic carbocycles. The van der Waals surface area contributed by atoms with Crippen molar-refractivity contribution in [2.45, 2.75) is 6.92 Å². The number of nitrogens with zero attached hydrogens (tertiary/aromatic N) is 2. The molecule has 1 aromatic heterocycles. The lowest BCUT2D eigenvalue weighted by molar-refractivity contribution is -0.384. The van der Waals surface area contributed by atoms with Gasteiger partial charge >= 0.3 is 5.97 Å². The van der Waals surface area contributed by atoms with E-state index in [4.69, 9.17) is 4.74 Å². The number of aromatic nitrogens is 2. The molecule has 0 atom stereocenters. The predicted molar refractivity (Wildman–Crippen MR) is 85.8 cm³/mol. The van der Waals surface area contributed by atoms with Gasteiger partial charge in [0.05, 0.1) is 27.5 Å². The van der Waals surface area contributed by atoms with E-state index >= 15 is 0 Å². The number of benzene rings is 2. The van der Waals surface area contributed by atoms with Gasteiger partial charge in [0.1, 0.15) is 11.6 Å². The van der Waals surface area contributed by atoms with E-state index in [0.717, 1.165) is 6.07 Å². The first kappa shape index (κ1) is 15.3. The number of para-hydroxylation sites is 1. The lowest BCUT2D eigenvalue weighted by Gasteiger charge is -2.09. The molecule has 120 valence electrons. The second kappa shape index (κ2) is 5.92. The third-order valence-electron chi connectivity index (χ3n) is 3.30. The fourth-order valence-corrected chi connectivity index (χ4v) is 2.27. The van der Waals surface area contributed by atoms with Gasteiger partial charge in [0, 0.05) is 13.0 Å². The standard InChI is InChI=1S/C16H11N3O5/c1-9(20)24-14-8-10(19(22)23)6-7-12(14)15-17-13-5-3-2-4-11(13)16(21)18-15/h2-8H,1H3,(H,17,18,21). The number of nitro benzene ring substituents is 1. The van der Waals surface area contributed by atoms with E-state index in [-0.39, 0.29) is 28.4 Å².